The average Bonchev–Trinajstić information content (AvgIpc) is 2.64. The number of amides is 1. The first-order valence-electron chi connectivity index (χ1n) is 8.79. The highest BCUT2D eigenvalue weighted by Crippen LogP contribution is 2.36. The second kappa shape index (κ2) is 11.2. The molecule has 28 heavy (non-hydrogen) atoms. The van der Waals surface area contributed by atoms with Crippen LogP contribution in [0.15, 0.2) is 35.9 Å². The summed E-state index contributed by atoms with van der Waals surface area (Å²) in [6.45, 7) is 3.05. The second-order valence-electron chi connectivity index (χ2n) is 6.43. The SMILES string of the molecule is CC(=O)N[C@@H](CSSC1CCN(Cc2ccccc2F)C/C1=C/C=O)C(=O)O. The monoisotopic (exact) mass is 426 g/mol. The minimum atomic E-state index is -1.08. The molecule has 2 rings (SSSR count). The molecule has 1 aromatic rings. The minimum absolute atomic E-state index is 0.0684. The number of rotatable bonds is 9. The number of aldehydes is 1. The number of benzene rings is 1. The van der Waals surface area contributed by atoms with Gasteiger partial charge in [-0.15, -0.1) is 0 Å². The molecule has 1 aliphatic heterocycles. The Morgan fingerprint density at radius 3 is 2.82 bits per heavy atom. The minimum Gasteiger partial charge on any atom is -0.480 e. The molecule has 152 valence electrons. The van der Waals surface area contributed by atoms with Crippen LogP contribution in [0.25, 0.3) is 0 Å². The predicted molar refractivity (Wildman–Crippen MR) is 110 cm³/mol. The number of likely N-dealkylation sites (tertiary alicyclic amines) is 1. The molecule has 1 aromatic carbocycles. The van der Waals surface area contributed by atoms with Crippen LogP contribution in [0.1, 0.15) is 18.9 Å². The molecule has 0 radical (unpaired) electrons. The van der Waals surface area contributed by atoms with Crippen LogP contribution in [0.3, 0.4) is 0 Å². The van der Waals surface area contributed by atoms with E-state index in [1.54, 1.807) is 18.2 Å². The van der Waals surface area contributed by atoms with Crippen molar-refractivity contribution >= 4 is 39.8 Å². The summed E-state index contributed by atoms with van der Waals surface area (Å²) in [5.74, 6) is -1.48. The molecule has 1 unspecified atom stereocenters. The summed E-state index contributed by atoms with van der Waals surface area (Å²) >= 11 is 0. The maximum atomic E-state index is 13.9. The van der Waals surface area contributed by atoms with E-state index in [1.807, 2.05) is 0 Å². The van der Waals surface area contributed by atoms with E-state index in [4.69, 9.17) is 5.11 Å². The lowest BCUT2D eigenvalue weighted by Gasteiger charge is -2.33. The van der Waals surface area contributed by atoms with Gasteiger partial charge in [0.1, 0.15) is 18.1 Å². The van der Waals surface area contributed by atoms with E-state index >= 15 is 0 Å². The zero-order chi connectivity index (χ0) is 20.5. The van der Waals surface area contributed by atoms with Crippen LogP contribution >= 0.6 is 21.6 Å². The number of nitrogens with zero attached hydrogens (tertiary/aromatic N) is 1. The molecule has 9 heteroatoms. The first kappa shape index (κ1) is 22.4. The Morgan fingerprint density at radius 1 is 1.43 bits per heavy atom. The summed E-state index contributed by atoms with van der Waals surface area (Å²) in [7, 11) is 2.87. The lowest BCUT2D eigenvalue weighted by molar-refractivity contribution is -0.140. The van der Waals surface area contributed by atoms with Crippen molar-refractivity contribution < 1.29 is 23.9 Å². The van der Waals surface area contributed by atoms with Gasteiger partial charge in [-0.05, 0) is 24.1 Å². The number of halogens is 1. The smallest absolute Gasteiger partial charge is 0.327 e. The highest BCUT2D eigenvalue weighted by molar-refractivity contribution is 8.77. The van der Waals surface area contributed by atoms with Crippen LogP contribution in [-0.4, -0.2) is 58.3 Å². The number of carbonyl (C=O) groups is 3. The maximum absolute atomic E-state index is 13.9. The molecule has 1 heterocycles. The molecule has 1 aliphatic rings. The molecule has 2 atom stereocenters. The van der Waals surface area contributed by atoms with E-state index in [2.05, 4.69) is 10.2 Å². The van der Waals surface area contributed by atoms with Gasteiger partial charge in [-0.25, -0.2) is 9.18 Å². The number of carbonyl (C=O) groups excluding carboxylic acids is 2. The molecule has 6 nitrogen and oxygen atoms in total. The normalized spacial score (nSPS) is 19.9. The van der Waals surface area contributed by atoms with E-state index < -0.39 is 12.0 Å². The number of allylic oxidation sites excluding steroid dienone is 1. The maximum Gasteiger partial charge on any atom is 0.327 e. The highest BCUT2D eigenvalue weighted by Gasteiger charge is 2.26. The number of hydrogen-bond donors (Lipinski definition) is 2. The number of carboxylic acid groups (broad SMARTS) is 1. The average molecular weight is 427 g/mol. The van der Waals surface area contributed by atoms with Gasteiger partial charge in [0.2, 0.25) is 5.91 Å². The van der Waals surface area contributed by atoms with Crippen LogP contribution in [0.2, 0.25) is 0 Å². The molecular formula is C19H23FN2O4S2. The molecule has 0 aliphatic carbocycles. The molecular weight excluding hydrogens is 403 g/mol. The van der Waals surface area contributed by atoms with E-state index in [9.17, 15) is 18.8 Å². The third-order valence-corrected chi connectivity index (χ3v) is 7.15. The Labute approximate surface area is 171 Å². The van der Waals surface area contributed by atoms with Gasteiger partial charge < -0.3 is 10.4 Å². The van der Waals surface area contributed by atoms with Crippen LogP contribution in [0.4, 0.5) is 4.39 Å². The summed E-state index contributed by atoms with van der Waals surface area (Å²) in [6.07, 6.45) is 3.05. The van der Waals surface area contributed by atoms with Gasteiger partial charge in [0.05, 0.1) is 0 Å². The molecule has 0 saturated carbocycles. The van der Waals surface area contributed by atoms with Crippen molar-refractivity contribution in [2.45, 2.75) is 31.2 Å². The van der Waals surface area contributed by atoms with Crippen molar-refractivity contribution in [2.75, 3.05) is 18.8 Å². The van der Waals surface area contributed by atoms with Gasteiger partial charge >= 0.3 is 5.97 Å². The number of carboxylic acids is 1. The summed E-state index contributed by atoms with van der Waals surface area (Å²) in [5.41, 5.74) is 1.55. The zero-order valence-electron chi connectivity index (χ0n) is 15.5. The lowest BCUT2D eigenvalue weighted by Crippen LogP contribution is -2.41. The first-order chi connectivity index (χ1) is 13.4. The fraction of sp³-hybridized carbons (Fsp3) is 0.421. The van der Waals surface area contributed by atoms with Crippen molar-refractivity contribution in [1.82, 2.24) is 10.2 Å². The zero-order valence-corrected chi connectivity index (χ0v) is 17.1. The summed E-state index contributed by atoms with van der Waals surface area (Å²) in [6, 6.07) is 5.69. The Morgan fingerprint density at radius 2 is 2.18 bits per heavy atom. The van der Waals surface area contributed by atoms with Gasteiger partial charge in [-0.2, -0.15) is 0 Å². The fourth-order valence-corrected chi connectivity index (χ4v) is 5.77. The van der Waals surface area contributed by atoms with Crippen LogP contribution in [0, 0.1) is 5.82 Å². The molecule has 0 spiro atoms. The standard InChI is InChI=1S/C19H23FN2O4S2/c1-13(24)21-17(19(25)26)12-27-28-18-6-8-22(11-15(18)7-9-23)10-14-4-2-3-5-16(14)20/h2-5,7,9,17-18H,6,8,10-12H2,1H3,(H,21,24)(H,25,26)/b15-7-/t17-,18?/m0/s1. The van der Waals surface area contributed by atoms with Gasteiger partial charge in [0, 0.05) is 43.1 Å². The quantitative estimate of drug-likeness (QED) is 0.356. The summed E-state index contributed by atoms with van der Waals surface area (Å²) in [4.78, 5) is 35.4. The summed E-state index contributed by atoms with van der Waals surface area (Å²) in [5, 5.41) is 11.6. The van der Waals surface area contributed by atoms with Crippen molar-refractivity contribution in [3.63, 3.8) is 0 Å². The fourth-order valence-electron chi connectivity index (χ4n) is 2.89. The Balaban J connectivity index is 1.91. The number of aliphatic carboxylic acids is 1. The molecule has 2 N–H and O–H groups in total. The van der Waals surface area contributed by atoms with Crippen LogP contribution < -0.4 is 5.32 Å². The Kier molecular flexibility index (Phi) is 9.01. The van der Waals surface area contributed by atoms with Crippen LogP contribution in [0.5, 0.6) is 0 Å². The van der Waals surface area contributed by atoms with Crippen LogP contribution in [-0.2, 0) is 20.9 Å². The molecule has 1 saturated heterocycles. The third-order valence-electron chi connectivity index (χ3n) is 4.26. The van der Waals surface area contributed by atoms with Crippen molar-refractivity contribution in [3.8, 4) is 0 Å². The topological polar surface area (TPSA) is 86.7 Å². The second-order valence-corrected chi connectivity index (χ2v) is 9.04. The molecule has 0 bridgehead atoms. The lowest BCUT2D eigenvalue weighted by atomic mass is 10.0. The van der Waals surface area contributed by atoms with E-state index in [0.717, 1.165) is 24.8 Å². The molecule has 1 amide bonds. The first-order valence-corrected chi connectivity index (χ1v) is 11.2. The Hall–Kier alpha value is -1.84. The number of piperidine rings is 1. The summed E-state index contributed by atoms with van der Waals surface area (Å²) < 4.78 is 13.9. The van der Waals surface area contributed by atoms with Gasteiger partial charge in [0.25, 0.3) is 0 Å². The predicted octanol–water partition coefficient (Wildman–Crippen LogP) is 2.50. The number of hydrogen-bond acceptors (Lipinski definition) is 6. The molecule has 0 aromatic heterocycles. The highest BCUT2D eigenvalue weighted by atomic mass is 33.1. The Bertz CT molecular complexity index is 744. The van der Waals surface area contributed by atoms with Gasteiger partial charge in [-0.3, -0.25) is 14.5 Å². The third kappa shape index (κ3) is 6.96. The van der Waals surface area contributed by atoms with E-state index in [-0.39, 0.29) is 22.7 Å². The van der Waals surface area contributed by atoms with E-state index in [0.29, 0.717) is 18.7 Å². The van der Waals surface area contributed by atoms with Crippen molar-refractivity contribution in [1.29, 1.82) is 0 Å². The molecule has 1 fully saturated rings. The van der Waals surface area contributed by atoms with Gasteiger partial charge in [0.15, 0.2) is 0 Å². The van der Waals surface area contributed by atoms with Crippen molar-refractivity contribution in [2.24, 2.45) is 0 Å². The largest absolute Gasteiger partial charge is 0.480 e. The van der Waals surface area contributed by atoms with Crippen molar-refractivity contribution in [3.05, 3.63) is 47.3 Å². The number of nitrogens with one attached hydrogen (secondary N) is 1. The van der Waals surface area contributed by atoms with Gasteiger partial charge in [-0.1, -0.05) is 39.8 Å². The van der Waals surface area contributed by atoms with E-state index in [1.165, 1.54) is 40.7 Å².